The molecule has 17 heavy (non-hydrogen) atoms. The Morgan fingerprint density at radius 2 is 2.06 bits per heavy atom. The van der Waals surface area contributed by atoms with Gasteiger partial charge >= 0.3 is 0 Å². The van der Waals surface area contributed by atoms with Crippen LogP contribution in [0.3, 0.4) is 0 Å². The number of hydrogen-bond acceptors (Lipinski definition) is 1. The molecule has 1 fully saturated rings. The van der Waals surface area contributed by atoms with Crippen molar-refractivity contribution < 1.29 is 0 Å². The van der Waals surface area contributed by atoms with Crippen molar-refractivity contribution in [3.8, 4) is 0 Å². The van der Waals surface area contributed by atoms with Gasteiger partial charge in [-0.1, -0.05) is 37.5 Å². The van der Waals surface area contributed by atoms with Gasteiger partial charge in [-0.3, -0.25) is 0 Å². The summed E-state index contributed by atoms with van der Waals surface area (Å²) < 4.78 is 0. The molecule has 1 nitrogen and oxygen atoms in total. The Hall–Kier alpha value is -0.980. The number of hydrogen-bond donors (Lipinski definition) is 1. The van der Waals surface area contributed by atoms with Crippen molar-refractivity contribution in [2.75, 3.05) is 5.32 Å². The minimum atomic E-state index is 0.740. The standard InChI is InChI=1S/C16H23N/c1-3-12-13-6-4-5-7-15(13)17-16-9-8-11(2)10-14(12)16/h8-10,12-13,15,17H,3-7H2,1-2H3/t12?,13?,15-/m1/s1. The molecule has 2 unspecified atom stereocenters. The van der Waals surface area contributed by atoms with Gasteiger partial charge in [-0.2, -0.15) is 0 Å². The molecule has 3 rings (SSSR count). The highest BCUT2D eigenvalue weighted by Gasteiger charge is 2.36. The lowest BCUT2D eigenvalue weighted by atomic mass is 9.70. The fraction of sp³-hybridized carbons (Fsp3) is 0.625. The number of nitrogens with one attached hydrogen (secondary N) is 1. The molecule has 1 aliphatic heterocycles. The van der Waals surface area contributed by atoms with Gasteiger partial charge in [-0.25, -0.2) is 0 Å². The summed E-state index contributed by atoms with van der Waals surface area (Å²) >= 11 is 0. The van der Waals surface area contributed by atoms with E-state index in [0.29, 0.717) is 0 Å². The van der Waals surface area contributed by atoms with Gasteiger partial charge in [-0.15, -0.1) is 0 Å². The summed E-state index contributed by atoms with van der Waals surface area (Å²) in [7, 11) is 0. The van der Waals surface area contributed by atoms with Gasteiger partial charge in [0.15, 0.2) is 0 Å². The monoisotopic (exact) mass is 229 g/mol. The number of aryl methyl sites for hydroxylation is 1. The predicted octanol–water partition coefficient (Wildman–Crippen LogP) is 4.47. The molecule has 3 atom stereocenters. The summed E-state index contributed by atoms with van der Waals surface area (Å²) in [5, 5.41) is 3.79. The molecule has 0 saturated heterocycles. The lowest BCUT2D eigenvalue weighted by Gasteiger charge is -2.43. The zero-order chi connectivity index (χ0) is 11.8. The molecule has 1 aliphatic carbocycles. The zero-order valence-electron chi connectivity index (χ0n) is 11.0. The van der Waals surface area contributed by atoms with Gasteiger partial charge < -0.3 is 5.32 Å². The molecule has 92 valence electrons. The van der Waals surface area contributed by atoms with Gasteiger partial charge in [-0.05, 0) is 49.7 Å². The molecular formula is C16H23N. The van der Waals surface area contributed by atoms with E-state index in [9.17, 15) is 0 Å². The lowest BCUT2D eigenvalue weighted by molar-refractivity contribution is 0.263. The quantitative estimate of drug-likeness (QED) is 0.749. The van der Waals surface area contributed by atoms with Gasteiger partial charge in [0.2, 0.25) is 0 Å². The molecule has 1 aromatic rings. The maximum Gasteiger partial charge on any atom is 0.0378 e. The van der Waals surface area contributed by atoms with E-state index in [4.69, 9.17) is 0 Å². The van der Waals surface area contributed by atoms with Crippen LogP contribution in [0.5, 0.6) is 0 Å². The highest BCUT2D eigenvalue weighted by atomic mass is 15.0. The third-order valence-electron chi connectivity index (χ3n) is 4.72. The molecule has 1 saturated carbocycles. The number of benzene rings is 1. The second-order valence-electron chi connectivity index (χ2n) is 5.80. The number of fused-ring (bicyclic) bond motifs is 2. The minimum Gasteiger partial charge on any atom is -0.382 e. The normalized spacial score (nSPS) is 31.3. The van der Waals surface area contributed by atoms with Crippen LogP contribution in [0, 0.1) is 12.8 Å². The minimum absolute atomic E-state index is 0.740. The van der Waals surface area contributed by atoms with Crippen LogP contribution in [0.25, 0.3) is 0 Å². The Morgan fingerprint density at radius 3 is 2.88 bits per heavy atom. The second-order valence-corrected chi connectivity index (χ2v) is 5.80. The molecule has 0 radical (unpaired) electrons. The van der Waals surface area contributed by atoms with Gasteiger partial charge in [0.05, 0.1) is 0 Å². The summed E-state index contributed by atoms with van der Waals surface area (Å²) in [6.45, 7) is 4.56. The summed E-state index contributed by atoms with van der Waals surface area (Å²) in [4.78, 5) is 0. The Morgan fingerprint density at radius 1 is 1.24 bits per heavy atom. The Kier molecular flexibility index (Phi) is 2.85. The van der Waals surface area contributed by atoms with Crippen LogP contribution in [0.2, 0.25) is 0 Å². The first-order valence-electron chi connectivity index (χ1n) is 7.16. The highest BCUT2D eigenvalue weighted by Crippen LogP contribution is 2.45. The van der Waals surface area contributed by atoms with E-state index < -0.39 is 0 Å². The van der Waals surface area contributed by atoms with E-state index in [2.05, 4.69) is 37.4 Å². The third kappa shape index (κ3) is 1.86. The lowest BCUT2D eigenvalue weighted by Crippen LogP contribution is -2.40. The molecule has 1 aromatic carbocycles. The third-order valence-corrected chi connectivity index (χ3v) is 4.72. The molecule has 1 heteroatoms. The first-order valence-corrected chi connectivity index (χ1v) is 7.16. The van der Waals surface area contributed by atoms with Crippen LogP contribution in [0.1, 0.15) is 56.1 Å². The Bertz CT molecular complexity index is 410. The van der Waals surface area contributed by atoms with Crippen molar-refractivity contribution in [1.82, 2.24) is 0 Å². The van der Waals surface area contributed by atoms with Crippen LogP contribution in [0.4, 0.5) is 5.69 Å². The zero-order valence-corrected chi connectivity index (χ0v) is 11.0. The topological polar surface area (TPSA) is 12.0 Å². The van der Waals surface area contributed by atoms with E-state index >= 15 is 0 Å². The van der Waals surface area contributed by atoms with Gasteiger partial charge in [0.25, 0.3) is 0 Å². The number of anilines is 1. The van der Waals surface area contributed by atoms with Gasteiger partial charge in [0.1, 0.15) is 0 Å². The smallest absolute Gasteiger partial charge is 0.0378 e. The van der Waals surface area contributed by atoms with Crippen molar-refractivity contribution in [1.29, 1.82) is 0 Å². The van der Waals surface area contributed by atoms with Crippen molar-refractivity contribution >= 4 is 5.69 Å². The van der Waals surface area contributed by atoms with Crippen LogP contribution in [-0.4, -0.2) is 6.04 Å². The molecule has 2 aliphatic rings. The molecule has 0 aromatic heterocycles. The fourth-order valence-electron chi connectivity index (χ4n) is 3.89. The van der Waals surface area contributed by atoms with Crippen LogP contribution >= 0.6 is 0 Å². The first kappa shape index (κ1) is 11.1. The molecule has 1 N–H and O–H groups in total. The summed E-state index contributed by atoms with van der Waals surface area (Å²) in [6, 6.07) is 7.67. The van der Waals surface area contributed by atoms with E-state index in [-0.39, 0.29) is 0 Å². The van der Waals surface area contributed by atoms with Crippen LogP contribution in [-0.2, 0) is 0 Å². The Labute approximate surface area is 105 Å². The molecule has 0 amide bonds. The average Bonchev–Trinajstić information content (AvgIpc) is 2.36. The summed E-state index contributed by atoms with van der Waals surface area (Å²) in [6.07, 6.45) is 6.92. The predicted molar refractivity (Wildman–Crippen MR) is 73.6 cm³/mol. The van der Waals surface area contributed by atoms with Crippen molar-refractivity contribution in [3.05, 3.63) is 29.3 Å². The number of rotatable bonds is 1. The van der Waals surface area contributed by atoms with E-state index in [0.717, 1.165) is 17.9 Å². The molecule has 0 spiro atoms. The van der Waals surface area contributed by atoms with Crippen LogP contribution < -0.4 is 5.32 Å². The summed E-state index contributed by atoms with van der Waals surface area (Å²) in [5.41, 5.74) is 4.39. The largest absolute Gasteiger partial charge is 0.382 e. The van der Waals surface area contributed by atoms with Crippen molar-refractivity contribution in [2.24, 2.45) is 5.92 Å². The maximum atomic E-state index is 3.79. The van der Waals surface area contributed by atoms with Crippen LogP contribution in [0.15, 0.2) is 18.2 Å². The molecular weight excluding hydrogens is 206 g/mol. The summed E-state index contributed by atoms with van der Waals surface area (Å²) in [5.74, 6) is 1.67. The van der Waals surface area contributed by atoms with E-state index in [1.54, 1.807) is 5.56 Å². The first-order chi connectivity index (χ1) is 8.29. The van der Waals surface area contributed by atoms with Crippen molar-refractivity contribution in [3.63, 3.8) is 0 Å². The highest BCUT2D eigenvalue weighted by molar-refractivity contribution is 5.57. The second kappa shape index (κ2) is 4.36. The average molecular weight is 229 g/mol. The van der Waals surface area contributed by atoms with E-state index in [1.165, 1.54) is 43.4 Å². The molecule has 1 heterocycles. The van der Waals surface area contributed by atoms with Crippen molar-refractivity contribution in [2.45, 2.75) is 57.9 Å². The Balaban J connectivity index is 2.01. The SMILES string of the molecule is CCC1c2cc(C)ccc2N[C@@H]2CCCCC12. The van der Waals surface area contributed by atoms with E-state index in [1.807, 2.05) is 0 Å². The fourth-order valence-corrected chi connectivity index (χ4v) is 3.89. The maximum absolute atomic E-state index is 3.79. The van der Waals surface area contributed by atoms with Gasteiger partial charge in [0, 0.05) is 11.7 Å². The molecule has 0 bridgehead atoms.